The van der Waals surface area contributed by atoms with Crippen molar-refractivity contribution in [3.8, 4) is 11.3 Å². The normalized spacial score (nSPS) is 11.5. The Morgan fingerprint density at radius 1 is 0.909 bits per heavy atom. The summed E-state index contributed by atoms with van der Waals surface area (Å²) in [5.74, 6) is -0.521. The van der Waals surface area contributed by atoms with Crippen LogP contribution in [-0.2, 0) is 11.2 Å². The molecule has 0 aliphatic heterocycles. The quantitative estimate of drug-likeness (QED) is 0.395. The zero-order valence-electron chi connectivity index (χ0n) is 18.3. The molecule has 0 aliphatic rings. The fourth-order valence-electron chi connectivity index (χ4n) is 3.52. The van der Waals surface area contributed by atoms with Crippen LogP contribution < -0.4 is 10.6 Å². The van der Waals surface area contributed by atoms with Gasteiger partial charge in [0.25, 0.3) is 5.91 Å². The molecule has 5 nitrogen and oxygen atoms in total. The lowest BCUT2D eigenvalue weighted by Gasteiger charge is -2.19. The average Bonchev–Trinajstić information content (AvgIpc) is 3.30. The van der Waals surface area contributed by atoms with Crippen LogP contribution in [0.15, 0.2) is 90.3 Å². The maximum Gasteiger partial charge on any atom is 0.252 e. The van der Waals surface area contributed by atoms with E-state index in [2.05, 4.69) is 45.3 Å². The standard InChI is InChI=1S/C27H25N3O2S/c1-19-29-24(18-33-19)21-14-12-20(13-15-21)16-17-28-27(32)25(22-8-4-2-5-9-22)30-26(31)23-10-6-3-7-11-23/h2-15,18,25H,16-17H2,1H3,(H,28,32)(H,30,31). The van der Waals surface area contributed by atoms with Crippen molar-refractivity contribution in [2.24, 2.45) is 0 Å². The Hall–Kier alpha value is -3.77. The number of carbonyl (C=O) groups excluding carboxylic acids is 2. The minimum Gasteiger partial charge on any atom is -0.354 e. The van der Waals surface area contributed by atoms with Crippen molar-refractivity contribution in [2.75, 3.05) is 6.54 Å². The van der Waals surface area contributed by atoms with Gasteiger partial charge in [-0.2, -0.15) is 0 Å². The Bertz CT molecular complexity index is 1210. The van der Waals surface area contributed by atoms with Crippen molar-refractivity contribution in [1.82, 2.24) is 15.6 Å². The average molecular weight is 456 g/mol. The molecule has 33 heavy (non-hydrogen) atoms. The smallest absolute Gasteiger partial charge is 0.252 e. The van der Waals surface area contributed by atoms with Crippen LogP contribution >= 0.6 is 11.3 Å². The van der Waals surface area contributed by atoms with Crippen molar-refractivity contribution >= 4 is 23.2 Å². The van der Waals surface area contributed by atoms with Gasteiger partial charge in [0.1, 0.15) is 6.04 Å². The molecule has 4 rings (SSSR count). The zero-order chi connectivity index (χ0) is 23.0. The van der Waals surface area contributed by atoms with Gasteiger partial charge in [-0.1, -0.05) is 72.8 Å². The molecule has 6 heteroatoms. The molecular weight excluding hydrogens is 430 g/mol. The van der Waals surface area contributed by atoms with E-state index in [9.17, 15) is 9.59 Å². The summed E-state index contributed by atoms with van der Waals surface area (Å²) >= 11 is 1.64. The first-order valence-corrected chi connectivity index (χ1v) is 11.7. The van der Waals surface area contributed by atoms with Crippen LogP contribution in [0.4, 0.5) is 0 Å². The number of nitrogens with zero attached hydrogens (tertiary/aromatic N) is 1. The van der Waals surface area contributed by atoms with Crippen molar-refractivity contribution in [2.45, 2.75) is 19.4 Å². The van der Waals surface area contributed by atoms with Gasteiger partial charge in [0.15, 0.2) is 0 Å². The molecular formula is C27H25N3O2S. The molecule has 1 aromatic heterocycles. The molecule has 1 heterocycles. The van der Waals surface area contributed by atoms with Crippen molar-refractivity contribution in [3.05, 3.63) is 112 Å². The van der Waals surface area contributed by atoms with E-state index in [-0.39, 0.29) is 11.8 Å². The summed E-state index contributed by atoms with van der Waals surface area (Å²) in [6.07, 6.45) is 0.691. The Morgan fingerprint density at radius 2 is 1.58 bits per heavy atom. The third-order valence-corrected chi connectivity index (χ3v) is 6.06. The number of hydrogen-bond acceptors (Lipinski definition) is 4. The highest BCUT2D eigenvalue weighted by molar-refractivity contribution is 7.09. The third-order valence-electron chi connectivity index (χ3n) is 5.29. The number of benzene rings is 3. The number of thiazole rings is 1. The van der Waals surface area contributed by atoms with E-state index in [0.29, 0.717) is 18.5 Å². The molecule has 3 aromatic carbocycles. The molecule has 1 unspecified atom stereocenters. The van der Waals surface area contributed by atoms with Crippen LogP contribution in [-0.4, -0.2) is 23.3 Å². The summed E-state index contributed by atoms with van der Waals surface area (Å²) in [5, 5.41) is 8.94. The second-order valence-electron chi connectivity index (χ2n) is 7.67. The number of amides is 2. The summed E-state index contributed by atoms with van der Waals surface area (Å²) in [5.41, 5.74) is 4.44. The van der Waals surface area contributed by atoms with Crippen molar-refractivity contribution in [3.63, 3.8) is 0 Å². The molecule has 0 spiro atoms. The van der Waals surface area contributed by atoms with E-state index >= 15 is 0 Å². The van der Waals surface area contributed by atoms with Gasteiger partial charge >= 0.3 is 0 Å². The Balaban J connectivity index is 1.38. The molecule has 0 fully saturated rings. The number of carbonyl (C=O) groups is 2. The summed E-state index contributed by atoms with van der Waals surface area (Å²) in [4.78, 5) is 30.2. The number of hydrogen-bond donors (Lipinski definition) is 2. The van der Waals surface area contributed by atoms with E-state index < -0.39 is 6.04 Å². The van der Waals surface area contributed by atoms with Gasteiger partial charge in [0.05, 0.1) is 10.7 Å². The molecule has 0 aliphatic carbocycles. The lowest BCUT2D eigenvalue weighted by atomic mass is 10.0. The highest BCUT2D eigenvalue weighted by Gasteiger charge is 2.22. The van der Waals surface area contributed by atoms with E-state index in [1.807, 2.05) is 43.3 Å². The van der Waals surface area contributed by atoms with Gasteiger partial charge in [-0.25, -0.2) is 4.98 Å². The van der Waals surface area contributed by atoms with E-state index in [0.717, 1.165) is 27.4 Å². The molecule has 2 amide bonds. The summed E-state index contributed by atoms with van der Waals surface area (Å²) in [6, 6.07) is 25.6. The number of aryl methyl sites for hydroxylation is 1. The lowest BCUT2D eigenvalue weighted by Crippen LogP contribution is -2.41. The number of rotatable bonds is 8. The van der Waals surface area contributed by atoms with Crippen LogP contribution in [0, 0.1) is 6.92 Å². The monoisotopic (exact) mass is 455 g/mol. The Kier molecular flexibility index (Phi) is 7.27. The van der Waals surface area contributed by atoms with Gasteiger partial charge in [-0.3, -0.25) is 9.59 Å². The SMILES string of the molecule is Cc1nc(-c2ccc(CCNC(=O)C(NC(=O)c3ccccc3)c3ccccc3)cc2)cs1. The fraction of sp³-hybridized carbons (Fsp3) is 0.148. The molecule has 0 bridgehead atoms. The van der Waals surface area contributed by atoms with Crippen LogP contribution in [0.2, 0.25) is 0 Å². The van der Waals surface area contributed by atoms with Crippen LogP contribution in [0.1, 0.15) is 32.5 Å². The molecule has 0 radical (unpaired) electrons. The van der Waals surface area contributed by atoms with E-state index in [4.69, 9.17) is 0 Å². The second kappa shape index (κ2) is 10.7. The zero-order valence-corrected chi connectivity index (χ0v) is 19.1. The highest BCUT2D eigenvalue weighted by Crippen LogP contribution is 2.22. The predicted molar refractivity (Wildman–Crippen MR) is 132 cm³/mol. The topological polar surface area (TPSA) is 71.1 Å². The first-order chi connectivity index (χ1) is 16.1. The molecule has 0 saturated carbocycles. The summed E-state index contributed by atoms with van der Waals surface area (Å²) in [7, 11) is 0. The van der Waals surface area contributed by atoms with Gasteiger partial charge in [0, 0.05) is 23.1 Å². The number of nitrogens with one attached hydrogen (secondary N) is 2. The van der Waals surface area contributed by atoms with Crippen molar-refractivity contribution < 1.29 is 9.59 Å². The molecule has 4 aromatic rings. The Labute approximate surface area is 197 Å². The molecule has 0 saturated heterocycles. The predicted octanol–water partition coefficient (Wildman–Crippen LogP) is 4.95. The first-order valence-electron chi connectivity index (χ1n) is 10.8. The molecule has 1 atom stereocenters. The van der Waals surface area contributed by atoms with Crippen LogP contribution in [0.5, 0.6) is 0 Å². The summed E-state index contributed by atoms with van der Waals surface area (Å²) in [6.45, 7) is 2.47. The lowest BCUT2D eigenvalue weighted by molar-refractivity contribution is -0.123. The largest absolute Gasteiger partial charge is 0.354 e. The summed E-state index contributed by atoms with van der Waals surface area (Å²) < 4.78 is 0. The minimum absolute atomic E-state index is 0.236. The van der Waals surface area contributed by atoms with Crippen molar-refractivity contribution in [1.29, 1.82) is 0 Å². The van der Waals surface area contributed by atoms with Gasteiger partial charge in [-0.05, 0) is 36.6 Å². The van der Waals surface area contributed by atoms with Gasteiger partial charge in [0.2, 0.25) is 5.91 Å². The fourth-order valence-corrected chi connectivity index (χ4v) is 4.14. The molecule has 166 valence electrons. The molecule has 2 N–H and O–H groups in total. The second-order valence-corrected chi connectivity index (χ2v) is 8.74. The third kappa shape index (κ3) is 5.93. The van der Waals surface area contributed by atoms with E-state index in [1.165, 1.54) is 0 Å². The van der Waals surface area contributed by atoms with Gasteiger partial charge in [-0.15, -0.1) is 11.3 Å². The Morgan fingerprint density at radius 3 is 2.21 bits per heavy atom. The van der Waals surface area contributed by atoms with E-state index in [1.54, 1.807) is 35.6 Å². The maximum atomic E-state index is 13.0. The van der Waals surface area contributed by atoms with Crippen LogP contribution in [0.3, 0.4) is 0 Å². The number of aromatic nitrogens is 1. The van der Waals surface area contributed by atoms with Crippen LogP contribution in [0.25, 0.3) is 11.3 Å². The van der Waals surface area contributed by atoms with Gasteiger partial charge < -0.3 is 10.6 Å². The maximum absolute atomic E-state index is 13.0. The highest BCUT2D eigenvalue weighted by atomic mass is 32.1. The minimum atomic E-state index is -0.769. The first kappa shape index (κ1) is 22.4.